The van der Waals surface area contributed by atoms with E-state index in [1.54, 1.807) is 0 Å². The first-order valence-corrected chi connectivity index (χ1v) is 3.91. The van der Waals surface area contributed by atoms with Crippen LogP contribution in [0, 0.1) is 0 Å². The second-order valence-corrected chi connectivity index (χ2v) is 2.13. The van der Waals surface area contributed by atoms with Crippen LogP contribution in [0.5, 0.6) is 0 Å². The standard InChI is InChI=1S/Co.3FH.K.H3O4P.H/c;;;;;1-5(2,3)4;/h;3*1H;;(H3,1,2,3,4);/q+3;;;;+1;;-1/p-3. The van der Waals surface area contributed by atoms with Gasteiger partial charge in [-0.25, -0.2) is 4.57 Å². The first-order valence-electron chi connectivity index (χ1n) is 1.16. The van der Waals surface area contributed by atoms with Crippen molar-refractivity contribution in [3.8, 4) is 0 Å². The van der Waals surface area contributed by atoms with Crippen molar-refractivity contribution in [2.45, 2.75) is 0 Å². The van der Waals surface area contributed by atoms with Crippen molar-refractivity contribution in [2.75, 3.05) is 0 Å². The van der Waals surface area contributed by atoms with E-state index in [9.17, 15) is 10.7 Å². The van der Waals surface area contributed by atoms with E-state index in [1.807, 2.05) is 0 Å². The summed E-state index contributed by atoms with van der Waals surface area (Å²) < 4.78 is 38.1. The van der Waals surface area contributed by atoms with E-state index in [-0.39, 0.29) is 52.8 Å². The summed E-state index contributed by atoms with van der Waals surface area (Å²) in [6, 6.07) is 0. The van der Waals surface area contributed by atoms with E-state index in [0.717, 1.165) is 0 Å². The Hall–Kier alpha value is 2.04. The van der Waals surface area contributed by atoms with Crippen molar-refractivity contribution in [1.82, 2.24) is 0 Å². The molecule has 10 heavy (non-hydrogen) atoms. The molecule has 4 nitrogen and oxygen atoms in total. The van der Waals surface area contributed by atoms with Crippen LogP contribution in [0.25, 0.3) is 0 Å². The van der Waals surface area contributed by atoms with Crippen LogP contribution in [-0.4, -0.2) is 14.7 Å². The first-order chi connectivity index (χ1) is 3.73. The summed E-state index contributed by atoms with van der Waals surface area (Å²) in [6.45, 7) is 0. The van der Waals surface area contributed by atoms with E-state index < -0.39 is 22.8 Å². The minimum Gasteiger partial charge on any atom is -1.00 e. The van der Waals surface area contributed by atoms with Gasteiger partial charge in [0.2, 0.25) is 0 Å². The second kappa shape index (κ2) is 9.13. The third kappa shape index (κ3) is 197. The quantitative estimate of drug-likeness (QED) is 0.328. The number of hydrogen-bond acceptors (Lipinski definition) is 1. The van der Waals surface area contributed by atoms with Crippen molar-refractivity contribution < 1.29 is 97.8 Å². The Morgan fingerprint density at radius 1 is 1.20 bits per heavy atom. The molecule has 0 saturated carbocycles. The Morgan fingerprint density at radius 3 is 1.20 bits per heavy atom. The van der Waals surface area contributed by atoms with Gasteiger partial charge in [0.1, 0.15) is 0 Å². The molecule has 0 atom stereocenters. The van der Waals surface area contributed by atoms with E-state index >= 15 is 0 Å². The van der Waals surface area contributed by atoms with Crippen molar-refractivity contribution in [1.29, 1.82) is 0 Å². The first kappa shape index (κ1) is 18.0. The van der Waals surface area contributed by atoms with E-state index in [4.69, 9.17) is 19.2 Å². The average molecular weight is 254 g/mol. The fourth-order valence-electron chi connectivity index (χ4n) is 0. The molecular weight excluding hydrogens is 250 g/mol. The molecule has 0 saturated heterocycles. The van der Waals surface area contributed by atoms with Crippen molar-refractivity contribution in [2.24, 2.45) is 0 Å². The Morgan fingerprint density at radius 2 is 1.20 bits per heavy atom. The SMILES string of the molecule is O=P(O)(O)O.[F][Co]([F])[F].[H-].[K+]. The average Bonchev–Trinajstić information content (AvgIpc) is 1.19. The molecule has 0 heterocycles. The molecule has 0 aliphatic carbocycles. The zero-order valence-corrected chi connectivity index (χ0v) is 9.72. The molecule has 0 aromatic carbocycles. The number of phosphoric acid groups is 1. The van der Waals surface area contributed by atoms with Crippen LogP contribution in [-0.2, 0) is 19.6 Å². The monoisotopic (exact) mass is 254 g/mol. The van der Waals surface area contributed by atoms with Gasteiger partial charge >= 0.3 is 84.9 Å². The molecule has 64 valence electrons. The zero-order valence-electron chi connectivity index (χ0n) is 5.66. The largest absolute Gasteiger partial charge is 1.00 e. The number of halogens is 3. The summed E-state index contributed by atoms with van der Waals surface area (Å²) in [5.74, 6) is 0. The summed E-state index contributed by atoms with van der Waals surface area (Å²) in [5.41, 5.74) is 0. The van der Waals surface area contributed by atoms with Gasteiger partial charge in [-0.1, -0.05) is 0 Å². The second-order valence-electron chi connectivity index (χ2n) is 0.656. The molecule has 0 fully saturated rings. The van der Waals surface area contributed by atoms with Gasteiger partial charge in [-0.05, 0) is 0 Å². The maximum absolute atomic E-state index is 9.73. The molecule has 10 heteroatoms. The fraction of sp³-hybridized carbons (Fsp3) is 0. The van der Waals surface area contributed by atoms with Crippen molar-refractivity contribution >= 4 is 7.82 Å². The van der Waals surface area contributed by atoms with E-state index in [2.05, 4.69) is 0 Å². The third-order valence-electron chi connectivity index (χ3n) is 0. The van der Waals surface area contributed by atoms with Crippen LogP contribution >= 0.6 is 7.82 Å². The molecule has 0 aromatic heterocycles. The smallest absolute Gasteiger partial charge is 1.00 e. The van der Waals surface area contributed by atoms with Gasteiger partial charge in [-0.15, -0.1) is 0 Å². The summed E-state index contributed by atoms with van der Waals surface area (Å²) in [6.07, 6.45) is 0. The summed E-state index contributed by atoms with van der Waals surface area (Å²) in [7, 11) is -4.64. The molecule has 0 radical (unpaired) electrons. The number of hydrogen-bond donors (Lipinski definition) is 3. The molecular formula is H4CoF3KO4P. The maximum atomic E-state index is 9.73. The predicted octanol–water partition coefficient (Wildman–Crippen LogP) is -2.55. The Bertz CT molecular complexity index is 96.5. The molecule has 0 amide bonds. The fourth-order valence-corrected chi connectivity index (χ4v) is 0. The van der Waals surface area contributed by atoms with E-state index in [0.29, 0.717) is 0 Å². The summed E-state index contributed by atoms with van der Waals surface area (Å²) in [4.78, 5) is 21.6. The van der Waals surface area contributed by atoms with Crippen LogP contribution in [0.3, 0.4) is 0 Å². The molecule has 3 N–H and O–H groups in total. The van der Waals surface area contributed by atoms with Gasteiger partial charge in [-0.2, -0.15) is 0 Å². The molecule has 0 aliphatic heterocycles. The molecule has 0 rings (SSSR count). The molecule has 0 aromatic rings. The summed E-state index contributed by atoms with van der Waals surface area (Å²) >= 11 is -4.10. The van der Waals surface area contributed by atoms with Crippen LogP contribution in [0.15, 0.2) is 0 Å². The Kier molecular flexibility index (Phi) is 16.4. The van der Waals surface area contributed by atoms with Crippen LogP contribution in [0.4, 0.5) is 10.7 Å². The van der Waals surface area contributed by atoms with Gasteiger partial charge < -0.3 is 16.1 Å². The molecule has 0 spiro atoms. The Labute approximate surface area is 104 Å². The minimum absolute atomic E-state index is 0. The molecule has 0 aliphatic rings. The van der Waals surface area contributed by atoms with Crippen molar-refractivity contribution in [3.63, 3.8) is 0 Å². The van der Waals surface area contributed by atoms with Gasteiger partial charge in [0.15, 0.2) is 0 Å². The zero-order chi connectivity index (χ0) is 8.08. The van der Waals surface area contributed by atoms with Crippen molar-refractivity contribution in [3.05, 3.63) is 0 Å². The topological polar surface area (TPSA) is 77.8 Å². The van der Waals surface area contributed by atoms with Crippen LogP contribution < -0.4 is 51.4 Å². The van der Waals surface area contributed by atoms with Crippen LogP contribution in [0.2, 0.25) is 0 Å². The third-order valence-corrected chi connectivity index (χ3v) is 0. The van der Waals surface area contributed by atoms with Gasteiger partial charge in [-0.3, -0.25) is 0 Å². The van der Waals surface area contributed by atoms with Gasteiger partial charge in [0.25, 0.3) is 0 Å². The molecule has 0 bridgehead atoms. The minimum atomic E-state index is -4.64. The summed E-state index contributed by atoms with van der Waals surface area (Å²) in [5, 5.41) is 0. The predicted molar refractivity (Wildman–Crippen MR) is 18.7 cm³/mol. The van der Waals surface area contributed by atoms with Gasteiger partial charge in [0.05, 0.1) is 0 Å². The normalized spacial score (nSPS) is 10.4. The Balaban J connectivity index is -0.0000000383. The molecule has 0 unspecified atom stereocenters. The maximum Gasteiger partial charge on any atom is 1.00 e. The van der Waals surface area contributed by atoms with E-state index in [1.165, 1.54) is 0 Å². The van der Waals surface area contributed by atoms with Gasteiger partial charge in [0, 0.05) is 0 Å². The van der Waals surface area contributed by atoms with Crippen LogP contribution in [0.1, 0.15) is 1.43 Å². The number of rotatable bonds is 0.